The molecule has 1 aliphatic rings. The van der Waals surface area contributed by atoms with E-state index < -0.39 is 8.38 Å². The zero-order valence-electron chi connectivity index (χ0n) is 3.88. The smallest absolute Gasteiger partial charge is 0.337 e. The first-order valence-corrected chi connectivity index (χ1v) is 3.49. The van der Waals surface area contributed by atoms with Gasteiger partial charge in [0.1, 0.15) is 0 Å². The first-order valence-electron chi connectivity index (χ1n) is 1.86. The van der Waals surface area contributed by atoms with Gasteiger partial charge in [0, 0.05) is 6.66 Å². The summed E-state index contributed by atoms with van der Waals surface area (Å²) in [7, 11) is -0.854. The molecule has 40 valence electrons. The lowest BCUT2D eigenvalue weighted by Gasteiger charge is -1.92. The summed E-state index contributed by atoms with van der Waals surface area (Å²) in [6.07, 6.45) is 0. The monoisotopic (exact) mass is 120 g/mol. The Kier molecular flexibility index (Phi) is 1.26. The van der Waals surface area contributed by atoms with Gasteiger partial charge in [0.2, 0.25) is 8.38 Å². The highest BCUT2D eigenvalue weighted by Gasteiger charge is 2.19. The Bertz CT molecular complexity index is 92.2. The molecule has 1 fully saturated rings. The molecule has 0 radical (unpaired) electrons. The molecule has 1 heterocycles. The van der Waals surface area contributed by atoms with E-state index in [9.17, 15) is 4.79 Å². The normalized spacial score (nSPS) is 30.4. The molecule has 4 heteroatoms. The first kappa shape index (κ1) is 5.01. The van der Waals surface area contributed by atoms with Crippen LogP contribution in [0.3, 0.4) is 0 Å². The van der Waals surface area contributed by atoms with Gasteiger partial charge in [-0.05, 0) is 0 Å². The zero-order valence-corrected chi connectivity index (χ0v) is 4.77. The van der Waals surface area contributed by atoms with Crippen LogP contribution in [0.15, 0.2) is 0 Å². The van der Waals surface area contributed by atoms with E-state index in [2.05, 4.69) is 4.52 Å². The van der Waals surface area contributed by atoms with Crippen molar-refractivity contribution in [3.63, 3.8) is 0 Å². The lowest BCUT2D eigenvalue weighted by atomic mass is 10.8. The maximum absolute atomic E-state index is 10.1. The Morgan fingerprint density at radius 3 is 2.71 bits per heavy atom. The van der Waals surface area contributed by atoms with E-state index in [1.807, 2.05) is 0 Å². The summed E-state index contributed by atoms with van der Waals surface area (Å²) in [5, 5.41) is 0. The van der Waals surface area contributed by atoms with Crippen LogP contribution in [0.4, 0.5) is 0 Å². The van der Waals surface area contributed by atoms with Crippen LogP contribution in [-0.4, -0.2) is 19.2 Å². The quantitative estimate of drug-likeness (QED) is 0.436. The van der Waals surface area contributed by atoms with Gasteiger partial charge in [-0.2, -0.15) is 0 Å². The largest absolute Gasteiger partial charge is 0.415 e. The van der Waals surface area contributed by atoms with E-state index >= 15 is 0 Å². The first-order chi connectivity index (χ1) is 3.29. The molecule has 1 aliphatic heterocycles. The van der Waals surface area contributed by atoms with Gasteiger partial charge in [-0.3, -0.25) is 0 Å². The summed E-state index contributed by atoms with van der Waals surface area (Å²) in [5.41, 5.74) is 0. The molecule has 0 aromatic rings. The summed E-state index contributed by atoms with van der Waals surface area (Å²) in [6, 6.07) is 0. The predicted molar refractivity (Wildman–Crippen MR) is 24.9 cm³/mol. The van der Waals surface area contributed by atoms with Crippen molar-refractivity contribution in [3.05, 3.63) is 0 Å². The number of hydrogen-bond acceptors (Lipinski definition) is 3. The lowest BCUT2D eigenvalue weighted by Crippen LogP contribution is -1.94. The Labute approximate surface area is 42.5 Å². The molecular weight excluding hydrogens is 115 g/mol. The molecule has 0 amide bonds. The lowest BCUT2D eigenvalue weighted by molar-refractivity contribution is -0.131. The van der Waals surface area contributed by atoms with Crippen molar-refractivity contribution in [1.82, 2.24) is 0 Å². The molecule has 0 spiro atoms. The van der Waals surface area contributed by atoms with E-state index in [0.29, 0.717) is 0 Å². The Hall–Kier alpha value is -0.140. The molecule has 0 saturated carbocycles. The average Bonchev–Trinajstić information content (AvgIpc) is 1.87. The van der Waals surface area contributed by atoms with Gasteiger partial charge in [0.15, 0.2) is 6.61 Å². The fraction of sp³-hybridized carbons (Fsp3) is 0.667. The Balaban J connectivity index is 2.40. The molecular formula is C3H5O3P. The molecule has 7 heavy (non-hydrogen) atoms. The predicted octanol–water partition coefficient (Wildman–Crippen LogP) is 0.501. The zero-order chi connectivity index (χ0) is 5.28. The number of carbonyl (C=O) groups excluding carboxylic acids is 1. The van der Waals surface area contributed by atoms with Gasteiger partial charge in [0.25, 0.3) is 0 Å². The molecule has 0 bridgehead atoms. The third kappa shape index (κ3) is 1.11. The molecule has 3 nitrogen and oxygen atoms in total. The van der Waals surface area contributed by atoms with E-state index in [1.54, 1.807) is 6.66 Å². The van der Waals surface area contributed by atoms with Crippen molar-refractivity contribution in [2.75, 3.05) is 13.3 Å². The van der Waals surface area contributed by atoms with Gasteiger partial charge >= 0.3 is 5.97 Å². The molecule has 1 atom stereocenters. The number of rotatable bonds is 0. The van der Waals surface area contributed by atoms with Gasteiger partial charge in [-0.15, -0.1) is 0 Å². The highest BCUT2D eigenvalue weighted by atomic mass is 31.2. The van der Waals surface area contributed by atoms with E-state index in [1.165, 1.54) is 0 Å². The van der Waals surface area contributed by atoms with Gasteiger partial charge in [-0.25, -0.2) is 4.79 Å². The number of hydrogen-bond donors (Lipinski definition) is 0. The molecule has 0 aromatic heterocycles. The molecule has 1 saturated heterocycles. The minimum absolute atomic E-state index is 0.141. The summed E-state index contributed by atoms with van der Waals surface area (Å²) < 4.78 is 9.32. The third-order valence-corrected chi connectivity index (χ3v) is 1.55. The molecule has 0 aromatic carbocycles. The topological polar surface area (TPSA) is 35.5 Å². The second-order valence-electron chi connectivity index (χ2n) is 1.18. The number of carbonyl (C=O) groups is 1. The van der Waals surface area contributed by atoms with Crippen LogP contribution in [0, 0.1) is 0 Å². The van der Waals surface area contributed by atoms with Gasteiger partial charge < -0.3 is 9.05 Å². The van der Waals surface area contributed by atoms with Crippen molar-refractivity contribution < 1.29 is 13.8 Å². The fourth-order valence-corrected chi connectivity index (χ4v) is 1.02. The van der Waals surface area contributed by atoms with Crippen molar-refractivity contribution in [2.24, 2.45) is 0 Å². The highest BCUT2D eigenvalue weighted by Crippen LogP contribution is 2.38. The van der Waals surface area contributed by atoms with Crippen molar-refractivity contribution in [2.45, 2.75) is 0 Å². The van der Waals surface area contributed by atoms with Crippen LogP contribution in [-0.2, 0) is 13.8 Å². The van der Waals surface area contributed by atoms with Crippen LogP contribution >= 0.6 is 8.38 Å². The van der Waals surface area contributed by atoms with Crippen molar-refractivity contribution in [1.29, 1.82) is 0 Å². The molecule has 1 unspecified atom stereocenters. The average molecular weight is 120 g/mol. The highest BCUT2D eigenvalue weighted by molar-refractivity contribution is 7.47. The Morgan fingerprint density at radius 2 is 2.57 bits per heavy atom. The van der Waals surface area contributed by atoms with Crippen LogP contribution in [0.25, 0.3) is 0 Å². The van der Waals surface area contributed by atoms with Crippen molar-refractivity contribution in [3.8, 4) is 0 Å². The van der Waals surface area contributed by atoms with E-state index in [4.69, 9.17) is 4.52 Å². The van der Waals surface area contributed by atoms with Crippen LogP contribution in [0.2, 0.25) is 0 Å². The SMILES string of the molecule is CP1OCC(=O)O1. The maximum atomic E-state index is 10.1. The molecule has 1 rings (SSSR count). The van der Waals surface area contributed by atoms with Crippen molar-refractivity contribution >= 4 is 14.3 Å². The second-order valence-corrected chi connectivity index (χ2v) is 2.50. The van der Waals surface area contributed by atoms with Gasteiger partial charge in [0.05, 0.1) is 0 Å². The fourth-order valence-electron chi connectivity index (χ4n) is 0.340. The molecule has 0 N–H and O–H groups in total. The van der Waals surface area contributed by atoms with Crippen LogP contribution in [0.1, 0.15) is 0 Å². The molecule has 0 aliphatic carbocycles. The Morgan fingerprint density at radius 1 is 1.86 bits per heavy atom. The summed E-state index contributed by atoms with van der Waals surface area (Å²) in [4.78, 5) is 10.1. The van der Waals surface area contributed by atoms with E-state index in [0.717, 1.165) is 0 Å². The maximum Gasteiger partial charge on any atom is 0.337 e. The van der Waals surface area contributed by atoms with Crippen LogP contribution < -0.4 is 0 Å². The second kappa shape index (κ2) is 1.76. The minimum atomic E-state index is -0.854. The third-order valence-electron chi connectivity index (χ3n) is 0.595. The van der Waals surface area contributed by atoms with Gasteiger partial charge in [-0.1, -0.05) is 0 Å². The summed E-state index contributed by atoms with van der Waals surface area (Å²) in [5.74, 6) is -0.242. The van der Waals surface area contributed by atoms with E-state index in [-0.39, 0.29) is 12.6 Å². The standard InChI is InChI=1S/C3H5O3P/c1-7-5-2-3(4)6-7/h2H2,1H3. The summed E-state index contributed by atoms with van der Waals surface area (Å²) in [6.45, 7) is 1.89. The summed E-state index contributed by atoms with van der Waals surface area (Å²) >= 11 is 0. The minimum Gasteiger partial charge on any atom is -0.415 e. The van der Waals surface area contributed by atoms with Crippen LogP contribution in [0.5, 0.6) is 0 Å².